The van der Waals surface area contributed by atoms with E-state index in [0.29, 0.717) is 29.3 Å². The Hall–Kier alpha value is -2.08. The average molecular weight is 506 g/mol. The van der Waals surface area contributed by atoms with E-state index in [0.717, 1.165) is 11.1 Å². The first-order valence-corrected chi connectivity index (χ1v) is 12.4. The normalized spacial score (nSPS) is 24.2. The van der Waals surface area contributed by atoms with Crippen LogP contribution in [0.25, 0.3) is 0 Å². The monoisotopic (exact) mass is 505 g/mol. The number of aliphatic carboxylic acids is 1. The number of rotatable bonds is 8. The van der Waals surface area contributed by atoms with Gasteiger partial charge in [0.2, 0.25) is 5.91 Å². The molecule has 4 atom stereocenters. The molecule has 7 heteroatoms. The summed E-state index contributed by atoms with van der Waals surface area (Å²) >= 11 is 12.5. The van der Waals surface area contributed by atoms with Crippen LogP contribution in [-0.4, -0.2) is 38.6 Å². The molecule has 0 bridgehead atoms. The summed E-state index contributed by atoms with van der Waals surface area (Å²) in [5, 5.41) is 21.5. The molecule has 0 aromatic heterocycles. The Balaban J connectivity index is 2.24. The number of amides is 1. The highest BCUT2D eigenvalue weighted by molar-refractivity contribution is 6.30. The Morgan fingerprint density at radius 2 is 1.79 bits per heavy atom. The molecule has 1 heterocycles. The van der Waals surface area contributed by atoms with Crippen molar-refractivity contribution in [3.05, 3.63) is 69.7 Å². The minimum atomic E-state index is -1.10. The Morgan fingerprint density at radius 1 is 1.15 bits per heavy atom. The molecule has 0 radical (unpaired) electrons. The quantitative estimate of drug-likeness (QED) is 0.430. The third-order valence-corrected chi connectivity index (χ3v) is 7.22. The minimum Gasteiger partial charge on any atom is -0.481 e. The van der Waals surface area contributed by atoms with E-state index in [1.54, 1.807) is 39.0 Å². The molecule has 1 fully saturated rings. The highest BCUT2D eigenvalue weighted by atomic mass is 35.5. The van der Waals surface area contributed by atoms with Gasteiger partial charge in [-0.1, -0.05) is 61.3 Å². The molecule has 0 spiro atoms. The van der Waals surface area contributed by atoms with Crippen molar-refractivity contribution in [1.29, 1.82) is 0 Å². The van der Waals surface area contributed by atoms with Crippen LogP contribution in [0.2, 0.25) is 10.0 Å². The molecule has 2 aromatic rings. The van der Waals surface area contributed by atoms with Crippen molar-refractivity contribution in [2.75, 3.05) is 0 Å². The number of nitrogens with zero attached hydrogens (tertiary/aromatic N) is 1. The number of aliphatic hydroxyl groups is 1. The van der Waals surface area contributed by atoms with Crippen LogP contribution in [0.15, 0.2) is 48.5 Å². The number of benzene rings is 2. The summed E-state index contributed by atoms with van der Waals surface area (Å²) in [6.45, 7) is 7.18. The molecule has 1 amide bonds. The zero-order valence-electron chi connectivity index (χ0n) is 20.1. The molecule has 0 aliphatic carbocycles. The van der Waals surface area contributed by atoms with Crippen LogP contribution in [-0.2, 0) is 9.59 Å². The van der Waals surface area contributed by atoms with Gasteiger partial charge < -0.3 is 15.1 Å². The average Bonchev–Trinajstić information content (AvgIpc) is 2.73. The van der Waals surface area contributed by atoms with Gasteiger partial charge >= 0.3 is 5.97 Å². The number of piperidine rings is 1. The smallest absolute Gasteiger partial charge is 0.304 e. The van der Waals surface area contributed by atoms with Crippen molar-refractivity contribution >= 4 is 35.1 Å². The van der Waals surface area contributed by atoms with Gasteiger partial charge in [-0.25, -0.2) is 0 Å². The Bertz CT molecular complexity index is 1030. The summed E-state index contributed by atoms with van der Waals surface area (Å²) in [7, 11) is 0. The molecular weight excluding hydrogens is 473 g/mol. The third-order valence-electron chi connectivity index (χ3n) is 6.73. The van der Waals surface area contributed by atoms with E-state index >= 15 is 0 Å². The van der Waals surface area contributed by atoms with Crippen LogP contribution >= 0.6 is 23.2 Å². The number of carbonyl (C=O) groups excluding carboxylic acids is 1. The molecule has 1 aliphatic rings. The first-order chi connectivity index (χ1) is 15.8. The van der Waals surface area contributed by atoms with Crippen LogP contribution in [0.4, 0.5) is 0 Å². The van der Waals surface area contributed by atoms with E-state index in [4.69, 9.17) is 23.2 Å². The molecule has 3 rings (SSSR count). The fourth-order valence-electron chi connectivity index (χ4n) is 5.30. The zero-order chi connectivity index (χ0) is 25.3. The number of carboxylic acid groups (broad SMARTS) is 1. The molecule has 1 aliphatic heterocycles. The lowest BCUT2D eigenvalue weighted by atomic mass is 9.66. The maximum atomic E-state index is 14.1. The molecule has 1 saturated heterocycles. The summed E-state index contributed by atoms with van der Waals surface area (Å²) < 4.78 is 0. The van der Waals surface area contributed by atoms with Crippen LogP contribution < -0.4 is 0 Å². The molecule has 2 aromatic carbocycles. The van der Waals surface area contributed by atoms with Gasteiger partial charge in [0.05, 0.1) is 23.5 Å². The Kier molecular flexibility index (Phi) is 8.01. The van der Waals surface area contributed by atoms with Gasteiger partial charge in [-0.3, -0.25) is 9.59 Å². The zero-order valence-corrected chi connectivity index (χ0v) is 21.6. The topological polar surface area (TPSA) is 77.8 Å². The number of likely N-dealkylation sites (tertiary alicyclic amines) is 1. The SMILES string of the molecule is CCC(CC(C)(C)O)N1C(=O)[C@@](C)(CC(=O)O)CC(c2cccc(Cl)c2)C1c1ccc(Cl)cc1. The highest BCUT2D eigenvalue weighted by Crippen LogP contribution is 2.52. The summed E-state index contributed by atoms with van der Waals surface area (Å²) in [5.41, 5.74) is -0.249. The van der Waals surface area contributed by atoms with Gasteiger partial charge in [0.25, 0.3) is 0 Å². The number of carbonyl (C=O) groups is 2. The van der Waals surface area contributed by atoms with E-state index < -0.39 is 17.0 Å². The molecule has 2 N–H and O–H groups in total. The predicted molar refractivity (Wildman–Crippen MR) is 135 cm³/mol. The Labute approximate surface area is 211 Å². The fraction of sp³-hybridized carbons (Fsp3) is 0.481. The van der Waals surface area contributed by atoms with Crippen LogP contribution in [0.3, 0.4) is 0 Å². The number of hydrogen-bond acceptors (Lipinski definition) is 3. The van der Waals surface area contributed by atoms with Gasteiger partial charge in [0.1, 0.15) is 0 Å². The van der Waals surface area contributed by atoms with E-state index in [-0.39, 0.29) is 30.3 Å². The second-order valence-electron chi connectivity index (χ2n) is 10.3. The lowest BCUT2D eigenvalue weighted by molar-refractivity contribution is -0.162. The van der Waals surface area contributed by atoms with Crippen molar-refractivity contribution < 1.29 is 19.8 Å². The van der Waals surface area contributed by atoms with Gasteiger partial charge in [-0.15, -0.1) is 0 Å². The maximum Gasteiger partial charge on any atom is 0.304 e. The van der Waals surface area contributed by atoms with Crippen molar-refractivity contribution in [3.8, 4) is 0 Å². The van der Waals surface area contributed by atoms with E-state index in [1.165, 1.54) is 0 Å². The van der Waals surface area contributed by atoms with E-state index in [9.17, 15) is 19.8 Å². The summed E-state index contributed by atoms with van der Waals surface area (Å²) in [4.78, 5) is 27.8. The van der Waals surface area contributed by atoms with Gasteiger partial charge in [0.15, 0.2) is 0 Å². The van der Waals surface area contributed by atoms with Crippen LogP contribution in [0.1, 0.15) is 76.5 Å². The van der Waals surface area contributed by atoms with Crippen molar-refractivity contribution in [2.24, 2.45) is 5.41 Å². The molecule has 0 saturated carbocycles. The standard InChI is InChI=1S/C27H33Cl2NO4/c1-5-21(14-26(2,3)34)30-24(17-9-11-19(28)12-10-17)22(18-7-6-8-20(29)13-18)15-27(4,25(30)33)16-23(31)32/h6-13,21-22,24,34H,5,14-16H2,1-4H3,(H,31,32)/t21?,22?,24?,27-/m1/s1. The molecular formula is C27H33Cl2NO4. The van der Waals surface area contributed by atoms with Crippen LogP contribution in [0.5, 0.6) is 0 Å². The first-order valence-electron chi connectivity index (χ1n) is 11.6. The molecule has 3 unspecified atom stereocenters. The minimum absolute atomic E-state index is 0.196. The Morgan fingerprint density at radius 3 is 2.32 bits per heavy atom. The lowest BCUT2D eigenvalue weighted by Gasteiger charge is -2.52. The highest BCUT2D eigenvalue weighted by Gasteiger charge is 2.52. The second-order valence-corrected chi connectivity index (χ2v) is 11.2. The van der Waals surface area contributed by atoms with Gasteiger partial charge in [0, 0.05) is 22.0 Å². The third kappa shape index (κ3) is 5.94. The fourth-order valence-corrected chi connectivity index (χ4v) is 5.62. The first kappa shape index (κ1) is 26.5. The molecule has 184 valence electrons. The molecule has 5 nitrogen and oxygen atoms in total. The van der Waals surface area contributed by atoms with Crippen molar-refractivity contribution in [3.63, 3.8) is 0 Å². The summed E-state index contributed by atoms with van der Waals surface area (Å²) in [6, 6.07) is 14.3. The predicted octanol–water partition coefficient (Wildman–Crippen LogP) is 6.47. The van der Waals surface area contributed by atoms with Crippen molar-refractivity contribution in [1.82, 2.24) is 4.90 Å². The maximum absolute atomic E-state index is 14.1. The van der Waals surface area contributed by atoms with Crippen LogP contribution in [0, 0.1) is 5.41 Å². The number of hydrogen-bond donors (Lipinski definition) is 2. The van der Waals surface area contributed by atoms with E-state index in [1.807, 2.05) is 42.2 Å². The number of halogens is 2. The lowest BCUT2D eigenvalue weighted by Crippen LogP contribution is -2.57. The van der Waals surface area contributed by atoms with Gasteiger partial charge in [-0.05, 0) is 68.5 Å². The van der Waals surface area contributed by atoms with E-state index in [2.05, 4.69) is 0 Å². The molecule has 34 heavy (non-hydrogen) atoms. The van der Waals surface area contributed by atoms with Crippen molar-refractivity contribution in [2.45, 2.75) is 77.0 Å². The summed E-state index contributed by atoms with van der Waals surface area (Å²) in [5.74, 6) is -1.41. The largest absolute Gasteiger partial charge is 0.481 e. The number of carboxylic acids is 1. The van der Waals surface area contributed by atoms with Gasteiger partial charge in [-0.2, -0.15) is 0 Å². The second kappa shape index (κ2) is 10.3. The summed E-state index contributed by atoms with van der Waals surface area (Å²) in [6.07, 6.45) is 1.07.